The van der Waals surface area contributed by atoms with Crippen LogP contribution in [0.5, 0.6) is 11.5 Å². The molecule has 1 aliphatic heterocycles. The van der Waals surface area contributed by atoms with Crippen LogP contribution in [0.3, 0.4) is 0 Å². The van der Waals surface area contributed by atoms with E-state index < -0.39 is 11.8 Å². The number of hydrogen-bond donors (Lipinski definition) is 2. The smallest absolute Gasteiger partial charge is 0.279 e. The van der Waals surface area contributed by atoms with Gasteiger partial charge in [0.2, 0.25) is 0 Å². The van der Waals surface area contributed by atoms with E-state index in [1.54, 1.807) is 25.1 Å². The van der Waals surface area contributed by atoms with Crippen LogP contribution in [0.1, 0.15) is 24.2 Å². The van der Waals surface area contributed by atoms with Crippen LogP contribution in [-0.2, 0) is 9.53 Å². The van der Waals surface area contributed by atoms with Crippen molar-refractivity contribution in [1.82, 2.24) is 10.9 Å². The van der Waals surface area contributed by atoms with Gasteiger partial charge in [0.25, 0.3) is 11.8 Å². The molecule has 7 nitrogen and oxygen atoms in total. The van der Waals surface area contributed by atoms with E-state index in [4.69, 9.17) is 14.2 Å². The van der Waals surface area contributed by atoms with Gasteiger partial charge in [-0.05, 0) is 32.0 Å². The van der Waals surface area contributed by atoms with Crippen molar-refractivity contribution in [3.8, 4) is 11.5 Å². The highest BCUT2D eigenvalue weighted by atomic mass is 32.2. The Morgan fingerprint density at radius 3 is 2.67 bits per heavy atom. The molecule has 1 heterocycles. The molecule has 8 heteroatoms. The SMILES string of the molecule is CCOc1ccc(C(=O)NNC(=O)C2=C(C)OCCS2)cc1OC. The molecule has 24 heavy (non-hydrogen) atoms. The first-order valence-corrected chi connectivity index (χ1v) is 8.43. The molecule has 1 aliphatic rings. The van der Waals surface area contributed by atoms with Crippen molar-refractivity contribution in [3.05, 3.63) is 34.4 Å². The largest absolute Gasteiger partial charge is 0.496 e. The Morgan fingerprint density at radius 2 is 2.00 bits per heavy atom. The van der Waals surface area contributed by atoms with Gasteiger partial charge in [0, 0.05) is 11.3 Å². The molecule has 0 atom stereocenters. The van der Waals surface area contributed by atoms with Crippen molar-refractivity contribution in [2.45, 2.75) is 13.8 Å². The van der Waals surface area contributed by atoms with Crippen molar-refractivity contribution >= 4 is 23.6 Å². The first-order chi connectivity index (χ1) is 11.6. The third-order valence-corrected chi connectivity index (χ3v) is 4.32. The summed E-state index contributed by atoms with van der Waals surface area (Å²) >= 11 is 1.40. The van der Waals surface area contributed by atoms with E-state index in [1.807, 2.05) is 6.92 Å². The first kappa shape index (κ1) is 18.0. The maximum atomic E-state index is 12.2. The Bertz CT molecular complexity index is 660. The predicted octanol–water partition coefficient (Wildman–Crippen LogP) is 1.85. The van der Waals surface area contributed by atoms with Gasteiger partial charge in [0.05, 0.1) is 20.3 Å². The van der Waals surface area contributed by atoms with Crippen molar-refractivity contribution in [2.24, 2.45) is 0 Å². The van der Waals surface area contributed by atoms with Gasteiger partial charge in [0.15, 0.2) is 11.5 Å². The zero-order valence-electron chi connectivity index (χ0n) is 13.8. The summed E-state index contributed by atoms with van der Waals surface area (Å²) in [5, 5.41) is 0. The maximum Gasteiger partial charge on any atom is 0.279 e. The van der Waals surface area contributed by atoms with Crippen LogP contribution in [0.2, 0.25) is 0 Å². The van der Waals surface area contributed by atoms with Gasteiger partial charge in [-0.2, -0.15) is 0 Å². The molecule has 0 aliphatic carbocycles. The van der Waals surface area contributed by atoms with Gasteiger partial charge in [-0.1, -0.05) is 0 Å². The van der Waals surface area contributed by atoms with E-state index in [1.165, 1.54) is 18.9 Å². The Hall–Kier alpha value is -2.35. The average Bonchev–Trinajstić information content (AvgIpc) is 2.60. The molecule has 0 unspecified atom stereocenters. The number of rotatable bonds is 5. The third kappa shape index (κ3) is 4.35. The molecule has 2 amide bonds. The molecule has 0 fully saturated rings. The van der Waals surface area contributed by atoms with Crippen molar-refractivity contribution < 1.29 is 23.8 Å². The van der Waals surface area contributed by atoms with E-state index in [0.29, 0.717) is 46.7 Å². The summed E-state index contributed by atoms with van der Waals surface area (Å²) in [5.41, 5.74) is 5.11. The highest BCUT2D eigenvalue weighted by Crippen LogP contribution is 2.28. The second kappa shape index (κ2) is 8.49. The summed E-state index contributed by atoms with van der Waals surface area (Å²) in [6, 6.07) is 4.80. The Morgan fingerprint density at radius 1 is 1.25 bits per heavy atom. The van der Waals surface area contributed by atoms with Gasteiger partial charge >= 0.3 is 0 Å². The Balaban J connectivity index is 2.01. The molecule has 0 saturated heterocycles. The lowest BCUT2D eigenvalue weighted by Gasteiger charge is -2.18. The Labute approximate surface area is 144 Å². The van der Waals surface area contributed by atoms with Crippen LogP contribution in [0.25, 0.3) is 0 Å². The standard InChI is InChI=1S/C16H20N2O5S/c1-4-22-12-6-5-11(9-13(12)21-3)15(19)17-18-16(20)14-10(2)23-7-8-24-14/h5-6,9H,4,7-8H2,1-3H3,(H,17,19)(H,18,20). The quantitative estimate of drug-likeness (QED) is 0.787. The molecule has 1 aromatic carbocycles. The molecule has 0 aromatic heterocycles. The second-order valence-electron chi connectivity index (χ2n) is 4.79. The van der Waals surface area contributed by atoms with Crippen molar-refractivity contribution in [1.29, 1.82) is 0 Å². The number of hydrazine groups is 1. The molecule has 2 N–H and O–H groups in total. The number of thioether (sulfide) groups is 1. The second-order valence-corrected chi connectivity index (χ2v) is 5.89. The van der Waals surface area contributed by atoms with Gasteiger partial charge in [-0.15, -0.1) is 11.8 Å². The van der Waals surface area contributed by atoms with E-state index >= 15 is 0 Å². The van der Waals surface area contributed by atoms with Crippen LogP contribution >= 0.6 is 11.8 Å². The number of amides is 2. The summed E-state index contributed by atoms with van der Waals surface area (Å²) < 4.78 is 15.9. The van der Waals surface area contributed by atoms with Gasteiger partial charge in [-0.25, -0.2) is 0 Å². The fraction of sp³-hybridized carbons (Fsp3) is 0.375. The summed E-state index contributed by atoms with van der Waals surface area (Å²) in [4.78, 5) is 24.7. The molecular weight excluding hydrogens is 332 g/mol. The molecule has 0 spiro atoms. The summed E-state index contributed by atoms with van der Waals surface area (Å²) in [7, 11) is 1.50. The van der Waals surface area contributed by atoms with Crippen LogP contribution < -0.4 is 20.3 Å². The number of ether oxygens (including phenoxy) is 3. The third-order valence-electron chi connectivity index (χ3n) is 3.19. The highest BCUT2D eigenvalue weighted by molar-refractivity contribution is 8.04. The lowest BCUT2D eigenvalue weighted by atomic mass is 10.2. The van der Waals surface area contributed by atoms with Gasteiger partial charge in [0.1, 0.15) is 10.7 Å². The summed E-state index contributed by atoms with van der Waals surface area (Å²) in [6.07, 6.45) is 0. The normalized spacial score (nSPS) is 13.8. The lowest BCUT2D eigenvalue weighted by molar-refractivity contribution is -0.117. The van der Waals surface area contributed by atoms with Crippen molar-refractivity contribution in [3.63, 3.8) is 0 Å². The number of allylic oxidation sites excluding steroid dienone is 1. The van der Waals surface area contributed by atoms with E-state index in [9.17, 15) is 9.59 Å². The summed E-state index contributed by atoms with van der Waals surface area (Å²) in [5.74, 6) is 1.40. The first-order valence-electron chi connectivity index (χ1n) is 7.44. The van der Waals surface area contributed by atoms with Crippen molar-refractivity contribution in [2.75, 3.05) is 26.1 Å². The molecule has 2 rings (SSSR count). The number of nitrogens with one attached hydrogen (secondary N) is 2. The maximum absolute atomic E-state index is 12.2. The van der Waals surface area contributed by atoms with Gasteiger partial charge in [-0.3, -0.25) is 20.4 Å². The molecule has 130 valence electrons. The number of hydrogen-bond acceptors (Lipinski definition) is 6. The number of carbonyl (C=O) groups is 2. The number of methoxy groups -OCH3 is 1. The minimum absolute atomic E-state index is 0.342. The van der Waals surface area contributed by atoms with E-state index in [2.05, 4.69) is 10.9 Å². The minimum atomic E-state index is -0.454. The van der Waals surface area contributed by atoms with Crippen LogP contribution in [-0.4, -0.2) is 37.9 Å². The molecule has 0 radical (unpaired) electrons. The van der Waals surface area contributed by atoms with E-state index in [0.717, 1.165) is 0 Å². The number of carbonyl (C=O) groups excluding carboxylic acids is 2. The molecule has 1 aromatic rings. The zero-order chi connectivity index (χ0) is 17.5. The average molecular weight is 352 g/mol. The minimum Gasteiger partial charge on any atom is -0.496 e. The predicted molar refractivity (Wildman–Crippen MR) is 90.9 cm³/mol. The molecule has 0 saturated carbocycles. The molecule has 0 bridgehead atoms. The number of benzene rings is 1. The molecular formula is C16H20N2O5S. The van der Waals surface area contributed by atoms with Crippen LogP contribution in [0.15, 0.2) is 28.9 Å². The monoisotopic (exact) mass is 352 g/mol. The van der Waals surface area contributed by atoms with Crippen LogP contribution in [0, 0.1) is 0 Å². The summed E-state index contributed by atoms with van der Waals surface area (Å²) in [6.45, 7) is 4.65. The topological polar surface area (TPSA) is 85.9 Å². The zero-order valence-corrected chi connectivity index (χ0v) is 14.6. The highest BCUT2D eigenvalue weighted by Gasteiger charge is 2.19. The van der Waals surface area contributed by atoms with Crippen LogP contribution in [0.4, 0.5) is 0 Å². The Kier molecular flexibility index (Phi) is 6.36. The fourth-order valence-corrected chi connectivity index (χ4v) is 2.87. The lowest BCUT2D eigenvalue weighted by Crippen LogP contribution is -2.42. The fourth-order valence-electron chi connectivity index (χ4n) is 2.06. The van der Waals surface area contributed by atoms with Gasteiger partial charge < -0.3 is 14.2 Å². The van der Waals surface area contributed by atoms with E-state index in [-0.39, 0.29) is 0 Å².